The Morgan fingerprint density at radius 3 is 2.65 bits per heavy atom. The number of rotatable bonds is 3. The molecule has 3 rings (SSSR count). The van der Waals surface area contributed by atoms with Crippen molar-refractivity contribution in [3.05, 3.63) is 58.3 Å². The van der Waals surface area contributed by atoms with Gasteiger partial charge < -0.3 is 4.90 Å². The number of hydrogen-bond acceptors (Lipinski definition) is 4. The van der Waals surface area contributed by atoms with Gasteiger partial charge in [0.25, 0.3) is 0 Å². The number of amides is 1. The molecular weight excluding hydrogens is 330 g/mol. The third-order valence-electron chi connectivity index (χ3n) is 4.20. The van der Waals surface area contributed by atoms with E-state index in [4.69, 9.17) is 0 Å². The second-order valence-electron chi connectivity index (χ2n) is 5.74. The summed E-state index contributed by atoms with van der Waals surface area (Å²) in [4.78, 5) is 14.1. The molecule has 6 heteroatoms. The molecule has 0 radical (unpaired) electrons. The molecule has 0 aliphatic carbocycles. The molecule has 1 aliphatic rings. The average molecular weight is 349 g/mol. The molecule has 1 fully saturated rings. The van der Waals surface area contributed by atoms with E-state index in [0.717, 1.165) is 11.1 Å². The Bertz CT molecular complexity index is 754. The van der Waals surface area contributed by atoms with Gasteiger partial charge in [0.2, 0.25) is 5.91 Å². The first-order valence-electron chi connectivity index (χ1n) is 7.61. The van der Waals surface area contributed by atoms with Crippen molar-refractivity contribution in [2.75, 3.05) is 18.8 Å². The van der Waals surface area contributed by atoms with Crippen LogP contribution in [0, 0.1) is 0 Å². The first-order chi connectivity index (χ1) is 11.1. The fourth-order valence-corrected chi connectivity index (χ4v) is 5.38. The number of nitrogens with zero attached hydrogens (tertiary/aromatic N) is 1. The number of benzene rings is 1. The van der Waals surface area contributed by atoms with Crippen molar-refractivity contribution >= 4 is 27.1 Å². The molecule has 1 aliphatic heterocycles. The van der Waals surface area contributed by atoms with E-state index in [1.54, 1.807) is 16.2 Å². The fourth-order valence-electron chi connectivity index (χ4n) is 2.91. The van der Waals surface area contributed by atoms with E-state index < -0.39 is 15.1 Å². The zero-order valence-electron chi connectivity index (χ0n) is 12.7. The van der Waals surface area contributed by atoms with E-state index >= 15 is 0 Å². The highest BCUT2D eigenvalue weighted by molar-refractivity contribution is 7.91. The summed E-state index contributed by atoms with van der Waals surface area (Å²) in [6.07, 6.45) is 0.807. The van der Waals surface area contributed by atoms with E-state index in [0.29, 0.717) is 19.4 Å². The van der Waals surface area contributed by atoms with Gasteiger partial charge in [-0.2, -0.15) is 11.3 Å². The van der Waals surface area contributed by atoms with Crippen LogP contribution in [0.1, 0.15) is 22.8 Å². The molecule has 23 heavy (non-hydrogen) atoms. The van der Waals surface area contributed by atoms with Crippen molar-refractivity contribution in [2.24, 2.45) is 0 Å². The molecule has 2 aromatic rings. The average Bonchev–Trinajstić information content (AvgIpc) is 2.98. The zero-order chi connectivity index (χ0) is 16.3. The lowest BCUT2D eigenvalue weighted by molar-refractivity contribution is -0.130. The Morgan fingerprint density at radius 2 is 1.96 bits per heavy atom. The topological polar surface area (TPSA) is 54.5 Å². The van der Waals surface area contributed by atoms with Crippen molar-refractivity contribution in [1.82, 2.24) is 4.90 Å². The van der Waals surface area contributed by atoms with Crippen LogP contribution in [0.2, 0.25) is 0 Å². The van der Waals surface area contributed by atoms with E-state index in [-0.39, 0.29) is 18.2 Å². The molecule has 1 atom stereocenters. The van der Waals surface area contributed by atoms with E-state index in [9.17, 15) is 13.2 Å². The van der Waals surface area contributed by atoms with Crippen LogP contribution >= 0.6 is 11.3 Å². The number of hydrogen-bond donors (Lipinski definition) is 0. The van der Waals surface area contributed by atoms with E-state index in [1.165, 1.54) is 0 Å². The molecule has 0 spiro atoms. The van der Waals surface area contributed by atoms with Gasteiger partial charge in [0.05, 0.1) is 17.4 Å². The molecule has 1 aromatic heterocycles. The SMILES string of the molecule is O=C(Cc1ccsc1)N1CC[C@@H](c2ccccc2)S(=O)(=O)CC1. The lowest BCUT2D eigenvalue weighted by Gasteiger charge is -2.19. The molecule has 0 bridgehead atoms. The van der Waals surface area contributed by atoms with Crippen LogP contribution in [-0.4, -0.2) is 38.1 Å². The fraction of sp³-hybridized carbons (Fsp3) is 0.353. The number of carbonyl (C=O) groups is 1. The van der Waals surface area contributed by atoms with Crippen LogP contribution in [0.25, 0.3) is 0 Å². The maximum absolute atomic E-state index is 12.6. The minimum atomic E-state index is -3.23. The van der Waals surface area contributed by atoms with E-state index in [1.807, 2.05) is 47.2 Å². The van der Waals surface area contributed by atoms with Crippen LogP contribution < -0.4 is 0 Å². The highest BCUT2D eigenvalue weighted by Crippen LogP contribution is 2.29. The lowest BCUT2D eigenvalue weighted by atomic mass is 10.1. The minimum Gasteiger partial charge on any atom is -0.341 e. The first kappa shape index (κ1) is 16.2. The Morgan fingerprint density at radius 1 is 1.17 bits per heavy atom. The van der Waals surface area contributed by atoms with Gasteiger partial charge in [-0.15, -0.1) is 0 Å². The normalized spacial score (nSPS) is 20.9. The largest absolute Gasteiger partial charge is 0.341 e. The number of thiophene rings is 1. The molecule has 1 amide bonds. The van der Waals surface area contributed by atoms with Gasteiger partial charge in [-0.3, -0.25) is 4.79 Å². The van der Waals surface area contributed by atoms with Gasteiger partial charge >= 0.3 is 0 Å². The van der Waals surface area contributed by atoms with Gasteiger partial charge in [-0.1, -0.05) is 30.3 Å². The van der Waals surface area contributed by atoms with Crippen LogP contribution in [-0.2, 0) is 21.1 Å². The highest BCUT2D eigenvalue weighted by Gasteiger charge is 2.32. The van der Waals surface area contributed by atoms with Crippen LogP contribution in [0.15, 0.2) is 47.2 Å². The maximum Gasteiger partial charge on any atom is 0.227 e. The van der Waals surface area contributed by atoms with Crippen molar-refractivity contribution in [3.63, 3.8) is 0 Å². The van der Waals surface area contributed by atoms with Crippen molar-refractivity contribution < 1.29 is 13.2 Å². The van der Waals surface area contributed by atoms with Gasteiger partial charge in [0.1, 0.15) is 0 Å². The van der Waals surface area contributed by atoms with Gasteiger partial charge in [-0.25, -0.2) is 8.42 Å². The predicted molar refractivity (Wildman–Crippen MR) is 92.2 cm³/mol. The third kappa shape index (κ3) is 3.82. The maximum atomic E-state index is 12.6. The summed E-state index contributed by atoms with van der Waals surface area (Å²) in [7, 11) is -3.23. The summed E-state index contributed by atoms with van der Waals surface area (Å²) < 4.78 is 25.1. The number of sulfone groups is 1. The highest BCUT2D eigenvalue weighted by atomic mass is 32.2. The first-order valence-corrected chi connectivity index (χ1v) is 10.3. The smallest absolute Gasteiger partial charge is 0.227 e. The Kier molecular flexibility index (Phi) is 4.82. The summed E-state index contributed by atoms with van der Waals surface area (Å²) >= 11 is 1.56. The monoisotopic (exact) mass is 349 g/mol. The molecule has 2 heterocycles. The summed E-state index contributed by atoms with van der Waals surface area (Å²) in [5, 5.41) is 3.39. The lowest BCUT2D eigenvalue weighted by Crippen LogP contribution is -2.34. The predicted octanol–water partition coefficient (Wildman–Crippen LogP) is 2.68. The quantitative estimate of drug-likeness (QED) is 0.856. The minimum absolute atomic E-state index is 0.00677. The third-order valence-corrected chi connectivity index (χ3v) is 7.06. The summed E-state index contributed by atoms with van der Waals surface area (Å²) in [5.74, 6) is 0.0365. The van der Waals surface area contributed by atoms with Gasteiger partial charge in [-0.05, 0) is 34.4 Å². The Balaban J connectivity index is 1.73. The molecule has 1 aromatic carbocycles. The van der Waals surface area contributed by atoms with Crippen molar-refractivity contribution in [2.45, 2.75) is 18.1 Å². The van der Waals surface area contributed by atoms with Crippen molar-refractivity contribution in [1.29, 1.82) is 0 Å². The standard InChI is InChI=1S/C17H19NO3S2/c19-17(12-14-7-10-22-13-14)18-8-6-16(23(20,21)11-9-18)15-4-2-1-3-5-15/h1-5,7,10,13,16H,6,8-9,11-12H2/t16-/m0/s1. The van der Waals surface area contributed by atoms with Crippen LogP contribution in [0.5, 0.6) is 0 Å². The van der Waals surface area contributed by atoms with Crippen molar-refractivity contribution in [3.8, 4) is 0 Å². The molecular formula is C17H19NO3S2. The molecule has 122 valence electrons. The Hall–Kier alpha value is -1.66. The van der Waals surface area contributed by atoms with Crippen LogP contribution in [0.3, 0.4) is 0 Å². The molecule has 0 saturated carbocycles. The zero-order valence-corrected chi connectivity index (χ0v) is 14.4. The molecule has 0 N–H and O–H groups in total. The molecule has 4 nitrogen and oxygen atoms in total. The number of carbonyl (C=O) groups excluding carboxylic acids is 1. The van der Waals surface area contributed by atoms with Crippen LogP contribution in [0.4, 0.5) is 0 Å². The Labute approximate surface area is 140 Å². The summed E-state index contributed by atoms with van der Waals surface area (Å²) in [5.41, 5.74) is 1.81. The summed E-state index contributed by atoms with van der Waals surface area (Å²) in [6, 6.07) is 11.2. The summed E-state index contributed by atoms with van der Waals surface area (Å²) in [6.45, 7) is 0.774. The van der Waals surface area contributed by atoms with Gasteiger partial charge in [0.15, 0.2) is 9.84 Å². The molecule has 1 saturated heterocycles. The molecule has 0 unspecified atom stereocenters. The second-order valence-corrected chi connectivity index (χ2v) is 8.83. The van der Waals surface area contributed by atoms with Gasteiger partial charge in [0, 0.05) is 13.1 Å². The second kappa shape index (κ2) is 6.84. The van der Waals surface area contributed by atoms with E-state index in [2.05, 4.69) is 0 Å².